The molecule has 0 aromatic carbocycles. The number of rotatable bonds is 3. The molecule has 0 aliphatic heterocycles. The Morgan fingerprint density at radius 2 is 1.71 bits per heavy atom. The largest absolute Gasteiger partial charge is 0.459 e. The number of carbonyl (C=O) groups excluding carboxylic acids is 1. The van der Waals surface area contributed by atoms with E-state index in [4.69, 9.17) is 4.74 Å². The summed E-state index contributed by atoms with van der Waals surface area (Å²) >= 11 is 0. The van der Waals surface area contributed by atoms with Crippen LogP contribution in [0.15, 0.2) is 12.7 Å². The molecular weight excluding hydrogens is 176 g/mol. The van der Waals surface area contributed by atoms with Crippen LogP contribution in [0.4, 0.5) is 0 Å². The van der Waals surface area contributed by atoms with Gasteiger partial charge in [0, 0.05) is 0 Å². The van der Waals surface area contributed by atoms with E-state index >= 15 is 0 Å². The van der Waals surface area contributed by atoms with Crippen LogP contribution in [0.5, 0.6) is 0 Å². The zero-order valence-electron chi connectivity index (χ0n) is 10.2. The normalized spacial score (nSPS) is 16.2. The Balaban J connectivity index is 4.73. The van der Waals surface area contributed by atoms with E-state index in [9.17, 15) is 4.79 Å². The van der Waals surface area contributed by atoms with Crippen LogP contribution in [0, 0.1) is 11.3 Å². The Morgan fingerprint density at radius 1 is 1.29 bits per heavy atom. The molecule has 0 fully saturated rings. The molecule has 1 atom stereocenters. The summed E-state index contributed by atoms with van der Waals surface area (Å²) in [6.07, 6.45) is 1.67. The smallest absolute Gasteiger partial charge is 0.316 e. The maximum atomic E-state index is 11.9. The van der Waals surface area contributed by atoms with Crippen LogP contribution < -0.4 is 0 Å². The highest BCUT2D eigenvalue weighted by Gasteiger charge is 2.37. The number of esters is 1. The molecule has 0 N–H and O–H groups in total. The van der Waals surface area contributed by atoms with Gasteiger partial charge in [-0.25, -0.2) is 0 Å². The third kappa shape index (κ3) is 3.17. The van der Waals surface area contributed by atoms with Gasteiger partial charge in [-0.15, -0.1) is 6.58 Å². The monoisotopic (exact) mass is 198 g/mol. The van der Waals surface area contributed by atoms with Crippen LogP contribution >= 0.6 is 0 Å². The van der Waals surface area contributed by atoms with Gasteiger partial charge in [0.05, 0.1) is 5.41 Å². The van der Waals surface area contributed by atoms with E-state index in [1.807, 2.05) is 41.5 Å². The Morgan fingerprint density at radius 3 is 1.93 bits per heavy atom. The van der Waals surface area contributed by atoms with Crippen molar-refractivity contribution in [3.8, 4) is 0 Å². The first-order valence-corrected chi connectivity index (χ1v) is 5.00. The molecule has 0 aromatic rings. The highest BCUT2D eigenvalue weighted by Crippen LogP contribution is 2.31. The first-order valence-electron chi connectivity index (χ1n) is 5.00. The molecule has 0 heterocycles. The summed E-state index contributed by atoms with van der Waals surface area (Å²) in [5.41, 5.74) is -1.02. The van der Waals surface area contributed by atoms with E-state index in [2.05, 4.69) is 6.58 Å². The van der Waals surface area contributed by atoms with Crippen LogP contribution in [0.2, 0.25) is 0 Å². The lowest BCUT2D eigenvalue weighted by Gasteiger charge is -2.31. The van der Waals surface area contributed by atoms with Crippen LogP contribution in [-0.2, 0) is 9.53 Å². The molecule has 0 unspecified atom stereocenters. The summed E-state index contributed by atoms with van der Waals surface area (Å²) in [5, 5.41) is 0. The molecule has 82 valence electrons. The minimum absolute atomic E-state index is 0.190. The van der Waals surface area contributed by atoms with E-state index < -0.39 is 11.0 Å². The van der Waals surface area contributed by atoms with Crippen molar-refractivity contribution in [2.24, 2.45) is 11.3 Å². The van der Waals surface area contributed by atoms with Crippen molar-refractivity contribution in [1.29, 1.82) is 0 Å². The minimum atomic E-state index is -0.590. The highest BCUT2D eigenvalue weighted by atomic mass is 16.6. The lowest BCUT2D eigenvalue weighted by molar-refractivity contribution is -0.165. The number of hydrogen-bond donors (Lipinski definition) is 0. The van der Waals surface area contributed by atoms with Gasteiger partial charge in [0.1, 0.15) is 5.60 Å². The van der Waals surface area contributed by atoms with Crippen LogP contribution in [0.1, 0.15) is 41.5 Å². The second-order valence-electron chi connectivity index (χ2n) is 5.14. The van der Waals surface area contributed by atoms with Crippen molar-refractivity contribution in [1.82, 2.24) is 0 Å². The number of ether oxygens (including phenoxy) is 1. The van der Waals surface area contributed by atoms with E-state index in [1.165, 1.54) is 0 Å². The van der Waals surface area contributed by atoms with Crippen molar-refractivity contribution in [3.05, 3.63) is 12.7 Å². The van der Waals surface area contributed by atoms with Gasteiger partial charge in [-0.1, -0.05) is 19.9 Å². The lowest BCUT2D eigenvalue weighted by atomic mass is 9.79. The van der Waals surface area contributed by atoms with E-state index in [1.54, 1.807) is 6.08 Å². The van der Waals surface area contributed by atoms with Gasteiger partial charge in [0.2, 0.25) is 0 Å². The van der Waals surface area contributed by atoms with Gasteiger partial charge < -0.3 is 4.74 Å². The predicted molar refractivity (Wildman–Crippen MR) is 59.0 cm³/mol. The van der Waals surface area contributed by atoms with Crippen LogP contribution in [0.3, 0.4) is 0 Å². The van der Waals surface area contributed by atoms with Gasteiger partial charge in [0.25, 0.3) is 0 Å². The third-order valence-electron chi connectivity index (χ3n) is 2.46. The quantitative estimate of drug-likeness (QED) is 0.514. The number of carbonyl (C=O) groups is 1. The van der Waals surface area contributed by atoms with Crippen molar-refractivity contribution < 1.29 is 9.53 Å². The standard InChI is InChI=1S/C12H22O2/c1-8-12(7,9(2)3)10(13)14-11(4,5)6/h8-9H,1H2,2-7H3/t12-/m1/s1. The van der Waals surface area contributed by atoms with Gasteiger partial charge in [0.15, 0.2) is 0 Å². The molecule has 0 aromatic heterocycles. The molecule has 0 saturated carbocycles. The van der Waals surface area contributed by atoms with E-state index in [-0.39, 0.29) is 11.9 Å². The fourth-order valence-electron chi connectivity index (χ4n) is 0.943. The summed E-state index contributed by atoms with van der Waals surface area (Å²) in [4.78, 5) is 11.9. The Hall–Kier alpha value is -0.790. The summed E-state index contributed by atoms with van der Waals surface area (Å²) < 4.78 is 5.34. The van der Waals surface area contributed by atoms with Gasteiger partial charge >= 0.3 is 5.97 Å². The summed E-state index contributed by atoms with van der Waals surface area (Å²) in [6.45, 7) is 15.2. The topological polar surface area (TPSA) is 26.3 Å². The van der Waals surface area contributed by atoms with E-state index in [0.29, 0.717) is 0 Å². The summed E-state index contributed by atoms with van der Waals surface area (Å²) in [7, 11) is 0. The Labute approximate surface area is 87.3 Å². The van der Waals surface area contributed by atoms with Gasteiger partial charge in [-0.2, -0.15) is 0 Å². The van der Waals surface area contributed by atoms with E-state index in [0.717, 1.165) is 0 Å². The molecule has 0 bridgehead atoms. The molecular formula is C12H22O2. The lowest BCUT2D eigenvalue weighted by Crippen LogP contribution is -2.37. The van der Waals surface area contributed by atoms with Crippen molar-refractivity contribution in [2.75, 3.05) is 0 Å². The second kappa shape index (κ2) is 4.16. The van der Waals surface area contributed by atoms with Crippen molar-refractivity contribution in [3.63, 3.8) is 0 Å². The Bertz CT molecular complexity index is 223. The molecule has 2 heteroatoms. The fraction of sp³-hybridized carbons (Fsp3) is 0.750. The SMILES string of the molecule is C=C[C@@](C)(C(=O)OC(C)(C)C)C(C)C. The predicted octanol–water partition coefficient (Wildman–Crippen LogP) is 3.18. The van der Waals surface area contributed by atoms with Crippen molar-refractivity contribution in [2.45, 2.75) is 47.1 Å². The van der Waals surface area contributed by atoms with Crippen molar-refractivity contribution >= 4 is 5.97 Å². The van der Waals surface area contributed by atoms with Crippen LogP contribution in [-0.4, -0.2) is 11.6 Å². The van der Waals surface area contributed by atoms with Gasteiger partial charge in [-0.05, 0) is 33.6 Å². The maximum absolute atomic E-state index is 11.9. The molecule has 0 rings (SSSR count). The molecule has 0 saturated heterocycles. The maximum Gasteiger partial charge on any atom is 0.316 e. The first-order chi connectivity index (χ1) is 6.13. The third-order valence-corrected chi connectivity index (χ3v) is 2.46. The average molecular weight is 198 g/mol. The number of hydrogen-bond acceptors (Lipinski definition) is 2. The Kier molecular flexibility index (Phi) is 3.92. The fourth-order valence-corrected chi connectivity index (χ4v) is 0.943. The average Bonchev–Trinajstić information content (AvgIpc) is 1.99. The molecule has 0 radical (unpaired) electrons. The van der Waals surface area contributed by atoms with Gasteiger partial charge in [-0.3, -0.25) is 4.79 Å². The second-order valence-corrected chi connectivity index (χ2v) is 5.14. The molecule has 0 aliphatic rings. The molecule has 14 heavy (non-hydrogen) atoms. The summed E-state index contributed by atoms with van der Waals surface area (Å²) in [5.74, 6) is -0.00940. The molecule has 0 aliphatic carbocycles. The first kappa shape index (κ1) is 13.2. The summed E-state index contributed by atoms with van der Waals surface area (Å²) in [6, 6.07) is 0. The molecule has 0 amide bonds. The zero-order chi connectivity index (χ0) is 11.6. The molecule has 2 nitrogen and oxygen atoms in total. The van der Waals surface area contributed by atoms with Crippen LogP contribution in [0.25, 0.3) is 0 Å². The highest BCUT2D eigenvalue weighted by molar-refractivity contribution is 5.79. The zero-order valence-corrected chi connectivity index (χ0v) is 10.2. The molecule has 0 spiro atoms. The minimum Gasteiger partial charge on any atom is -0.459 e.